The van der Waals surface area contributed by atoms with E-state index in [9.17, 15) is 9.59 Å². The van der Waals surface area contributed by atoms with Gasteiger partial charge >= 0.3 is 5.97 Å². The van der Waals surface area contributed by atoms with E-state index in [2.05, 4.69) is 4.98 Å². The molecule has 1 fully saturated rings. The Labute approximate surface area is 138 Å². The molecule has 1 aromatic heterocycles. The summed E-state index contributed by atoms with van der Waals surface area (Å²) in [5.41, 5.74) is 1.78. The number of aliphatic carboxylic acids is 1. The first kappa shape index (κ1) is 15.7. The Morgan fingerprint density at radius 2 is 2.09 bits per heavy atom. The van der Waals surface area contributed by atoms with Crippen LogP contribution in [-0.2, 0) is 16.0 Å². The molecule has 5 nitrogen and oxygen atoms in total. The normalized spacial score (nSPS) is 20.7. The number of carboxylic acids is 1. The molecule has 1 aliphatic heterocycles. The lowest BCUT2D eigenvalue weighted by Gasteiger charge is -2.22. The van der Waals surface area contributed by atoms with Gasteiger partial charge < -0.3 is 10.0 Å². The second-order valence-electron chi connectivity index (χ2n) is 5.75. The van der Waals surface area contributed by atoms with Crippen LogP contribution in [0.1, 0.15) is 19.0 Å². The van der Waals surface area contributed by atoms with Gasteiger partial charge in [-0.1, -0.05) is 30.3 Å². The van der Waals surface area contributed by atoms with Gasteiger partial charge in [-0.15, -0.1) is 11.3 Å². The van der Waals surface area contributed by atoms with Crippen LogP contribution in [0.5, 0.6) is 0 Å². The summed E-state index contributed by atoms with van der Waals surface area (Å²) in [7, 11) is 0. The van der Waals surface area contributed by atoms with E-state index in [-0.39, 0.29) is 18.4 Å². The topological polar surface area (TPSA) is 70.5 Å². The van der Waals surface area contributed by atoms with Crippen LogP contribution in [-0.4, -0.2) is 39.5 Å². The molecule has 2 unspecified atom stereocenters. The standard InChI is InChI=1S/C17H18N2O3S/c1-11-14(17(21)22)7-8-19(11)15(20)9-13-10-23-16(18-13)12-5-3-2-4-6-12/h2-6,10-11,14H,7-9H2,1H3,(H,21,22). The zero-order chi connectivity index (χ0) is 16.4. The van der Waals surface area contributed by atoms with Gasteiger partial charge in [0.15, 0.2) is 0 Å². The smallest absolute Gasteiger partial charge is 0.308 e. The fourth-order valence-electron chi connectivity index (χ4n) is 2.98. The molecule has 2 atom stereocenters. The van der Waals surface area contributed by atoms with Crippen molar-refractivity contribution in [2.45, 2.75) is 25.8 Å². The number of hydrogen-bond donors (Lipinski definition) is 1. The summed E-state index contributed by atoms with van der Waals surface area (Å²) >= 11 is 1.52. The quantitative estimate of drug-likeness (QED) is 0.935. The Bertz CT molecular complexity index is 714. The van der Waals surface area contributed by atoms with Crippen molar-refractivity contribution >= 4 is 23.2 Å². The van der Waals surface area contributed by atoms with E-state index in [0.717, 1.165) is 16.3 Å². The minimum absolute atomic E-state index is 0.0499. The van der Waals surface area contributed by atoms with E-state index >= 15 is 0 Å². The van der Waals surface area contributed by atoms with Crippen LogP contribution in [0.4, 0.5) is 0 Å². The number of amides is 1. The third-order valence-corrected chi connectivity index (χ3v) is 5.24. The minimum atomic E-state index is -0.826. The van der Waals surface area contributed by atoms with E-state index in [1.807, 2.05) is 35.7 Å². The fraction of sp³-hybridized carbons (Fsp3) is 0.353. The Kier molecular flexibility index (Phi) is 4.43. The lowest BCUT2D eigenvalue weighted by molar-refractivity contribution is -0.143. The van der Waals surface area contributed by atoms with Crippen LogP contribution < -0.4 is 0 Å². The number of nitrogens with zero attached hydrogens (tertiary/aromatic N) is 2. The van der Waals surface area contributed by atoms with Gasteiger partial charge in [-0.3, -0.25) is 9.59 Å². The number of carbonyl (C=O) groups is 2. The predicted octanol–water partition coefficient (Wildman–Crippen LogP) is 2.67. The van der Waals surface area contributed by atoms with Crippen LogP contribution in [0.2, 0.25) is 0 Å². The van der Waals surface area contributed by atoms with E-state index in [1.165, 1.54) is 11.3 Å². The molecule has 0 spiro atoms. The molecular weight excluding hydrogens is 312 g/mol. The van der Waals surface area contributed by atoms with E-state index in [1.54, 1.807) is 11.8 Å². The van der Waals surface area contributed by atoms with E-state index < -0.39 is 11.9 Å². The summed E-state index contributed by atoms with van der Waals surface area (Å²) in [5, 5.41) is 11.9. The molecule has 1 aliphatic rings. The first-order valence-electron chi connectivity index (χ1n) is 7.58. The van der Waals surface area contributed by atoms with Crippen molar-refractivity contribution in [3.63, 3.8) is 0 Å². The van der Waals surface area contributed by atoms with Crippen molar-refractivity contribution in [1.82, 2.24) is 9.88 Å². The molecule has 1 aromatic carbocycles. The first-order chi connectivity index (χ1) is 11.1. The van der Waals surface area contributed by atoms with Crippen molar-refractivity contribution in [2.24, 2.45) is 5.92 Å². The molecular formula is C17H18N2O3S. The third kappa shape index (κ3) is 3.27. The van der Waals surface area contributed by atoms with Crippen molar-refractivity contribution in [3.05, 3.63) is 41.4 Å². The average molecular weight is 330 g/mol. The Morgan fingerprint density at radius 3 is 2.74 bits per heavy atom. The number of thiazole rings is 1. The molecule has 0 saturated carbocycles. The van der Waals surface area contributed by atoms with Gasteiger partial charge in [0.1, 0.15) is 5.01 Å². The summed E-state index contributed by atoms with van der Waals surface area (Å²) in [6, 6.07) is 9.59. The Hall–Kier alpha value is -2.21. The molecule has 23 heavy (non-hydrogen) atoms. The maximum Gasteiger partial charge on any atom is 0.308 e. The number of hydrogen-bond acceptors (Lipinski definition) is 4. The number of carbonyl (C=O) groups excluding carboxylic acids is 1. The molecule has 6 heteroatoms. The van der Waals surface area contributed by atoms with Gasteiger partial charge in [-0.05, 0) is 13.3 Å². The Balaban J connectivity index is 1.67. The number of rotatable bonds is 4. The number of likely N-dealkylation sites (tertiary alicyclic amines) is 1. The van der Waals surface area contributed by atoms with E-state index in [0.29, 0.717) is 13.0 Å². The van der Waals surface area contributed by atoms with Gasteiger partial charge in [-0.25, -0.2) is 4.98 Å². The van der Waals surface area contributed by atoms with Gasteiger partial charge in [0, 0.05) is 23.5 Å². The molecule has 0 aliphatic carbocycles. The highest BCUT2D eigenvalue weighted by atomic mass is 32.1. The molecule has 0 bridgehead atoms. The van der Waals surface area contributed by atoms with Crippen molar-refractivity contribution in [1.29, 1.82) is 0 Å². The fourth-order valence-corrected chi connectivity index (χ4v) is 3.81. The summed E-state index contributed by atoms with van der Waals surface area (Å²) in [5.74, 6) is -1.34. The molecule has 3 rings (SSSR count). The van der Waals surface area contributed by atoms with Crippen LogP contribution in [0.3, 0.4) is 0 Å². The molecule has 2 heterocycles. The zero-order valence-electron chi connectivity index (χ0n) is 12.8. The van der Waals surface area contributed by atoms with Crippen LogP contribution in [0, 0.1) is 5.92 Å². The van der Waals surface area contributed by atoms with Crippen molar-refractivity contribution in [2.75, 3.05) is 6.54 Å². The molecule has 1 amide bonds. The average Bonchev–Trinajstić information content (AvgIpc) is 3.15. The molecule has 2 aromatic rings. The summed E-state index contributed by atoms with van der Waals surface area (Å²) < 4.78 is 0. The number of benzene rings is 1. The molecule has 120 valence electrons. The lowest BCUT2D eigenvalue weighted by Crippen LogP contribution is -2.38. The van der Waals surface area contributed by atoms with Crippen LogP contribution in [0.15, 0.2) is 35.7 Å². The van der Waals surface area contributed by atoms with Gasteiger partial charge in [0.25, 0.3) is 0 Å². The highest BCUT2D eigenvalue weighted by Crippen LogP contribution is 2.27. The second kappa shape index (κ2) is 6.50. The maximum absolute atomic E-state index is 12.4. The summed E-state index contributed by atoms with van der Waals surface area (Å²) in [6.45, 7) is 2.31. The highest BCUT2D eigenvalue weighted by Gasteiger charge is 2.37. The van der Waals surface area contributed by atoms with Crippen LogP contribution >= 0.6 is 11.3 Å². The SMILES string of the molecule is CC1C(C(=O)O)CCN1C(=O)Cc1csc(-c2ccccc2)n1. The predicted molar refractivity (Wildman–Crippen MR) is 88.2 cm³/mol. The molecule has 1 saturated heterocycles. The minimum Gasteiger partial charge on any atom is -0.481 e. The monoisotopic (exact) mass is 330 g/mol. The van der Waals surface area contributed by atoms with Gasteiger partial charge in [0.2, 0.25) is 5.91 Å². The molecule has 1 N–H and O–H groups in total. The number of carboxylic acid groups (broad SMARTS) is 1. The van der Waals surface area contributed by atoms with Gasteiger partial charge in [0.05, 0.1) is 18.0 Å². The third-order valence-electron chi connectivity index (χ3n) is 4.30. The largest absolute Gasteiger partial charge is 0.481 e. The maximum atomic E-state index is 12.4. The second-order valence-corrected chi connectivity index (χ2v) is 6.61. The Morgan fingerprint density at radius 1 is 1.35 bits per heavy atom. The van der Waals surface area contributed by atoms with Crippen molar-refractivity contribution in [3.8, 4) is 10.6 Å². The van der Waals surface area contributed by atoms with Crippen LogP contribution in [0.25, 0.3) is 10.6 Å². The summed E-state index contributed by atoms with van der Waals surface area (Å²) in [4.78, 5) is 29.8. The first-order valence-corrected chi connectivity index (χ1v) is 8.46. The number of aromatic nitrogens is 1. The summed E-state index contributed by atoms with van der Waals surface area (Å²) in [6.07, 6.45) is 0.745. The zero-order valence-corrected chi connectivity index (χ0v) is 13.6. The van der Waals surface area contributed by atoms with Crippen molar-refractivity contribution < 1.29 is 14.7 Å². The van der Waals surface area contributed by atoms with E-state index in [4.69, 9.17) is 5.11 Å². The van der Waals surface area contributed by atoms with Gasteiger partial charge in [-0.2, -0.15) is 0 Å². The highest BCUT2D eigenvalue weighted by molar-refractivity contribution is 7.13. The lowest BCUT2D eigenvalue weighted by atomic mass is 10.0. The molecule has 0 radical (unpaired) electrons.